The van der Waals surface area contributed by atoms with Crippen LogP contribution in [-0.2, 0) is 47.8 Å². The molecule has 0 bridgehead atoms. The van der Waals surface area contributed by atoms with Gasteiger partial charge in [-0.1, -0.05) is 19.7 Å². The van der Waals surface area contributed by atoms with Crippen molar-refractivity contribution in [3.8, 4) is 0 Å². The summed E-state index contributed by atoms with van der Waals surface area (Å²) in [6.07, 6.45) is 9.63. The van der Waals surface area contributed by atoms with Crippen LogP contribution < -0.4 is 26.6 Å². The Bertz CT molecular complexity index is 1220. The summed E-state index contributed by atoms with van der Waals surface area (Å²) in [4.78, 5) is 97.5. The Kier molecular flexibility index (Phi) is 23.8. The Hall–Kier alpha value is -5.16. The minimum Gasteiger partial charge on any atom is -0.377 e. The fourth-order valence-electron chi connectivity index (χ4n) is 5.23. The van der Waals surface area contributed by atoms with Crippen molar-refractivity contribution >= 4 is 47.8 Å². The topological polar surface area (TPSA) is 222 Å². The highest BCUT2D eigenvalue weighted by Gasteiger charge is 2.31. The smallest absolute Gasteiger partial charge is 0.253 e. The van der Waals surface area contributed by atoms with Crippen LogP contribution in [0.25, 0.3) is 0 Å². The van der Waals surface area contributed by atoms with Crippen molar-refractivity contribution in [3.63, 3.8) is 0 Å². The van der Waals surface area contributed by atoms with Crippen molar-refractivity contribution < 1.29 is 47.8 Å². The second-order valence-corrected chi connectivity index (χ2v) is 12.0. The Morgan fingerprint density at radius 1 is 0.660 bits per heavy atom. The molecule has 1 heterocycles. The zero-order valence-corrected chi connectivity index (χ0v) is 30.5. The normalized spacial score (nSPS) is 12.1. The van der Waals surface area contributed by atoms with Crippen molar-refractivity contribution in [2.24, 2.45) is 0 Å². The fraction of sp³-hybridized carbons (Fsp3) is 0.556. The lowest BCUT2D eigenvalue weighted by Crippen LogP contribution is -2.50. The molecule has 0 saturated carbocycles. The molecule has 17 heteroatoms. The molecule has 1 aliphatic heterocycles. The molecular weight excluding hydrogens is 690 g/mol. The maximum Gasteiger partial charge on any atom is 0.253 e. The zero-order chi connectivity index (χ0) is 39.3. The molecule has 0 saturated heterocycles. The summed E-state index contributed by atoms with van der Waals surface area (Å²) in [6.45, 7) is 13.0. The number of hydrogen-bond donors (Lipinski definition) is 5. The molecule has 17 nitrogen and oxygen atoms in total. The van der Waals surface area contributed by atoms with Gasteiger partial charge in [0, 0.05) is 76.3 Å². The van der Waals surface area contributed by atoms with Gasteiger partial charge in [0.15, 0.2) is 0 Å². The van der Waals surface area contributed by atoms with E-state index < -0.39 is 17.4 Å². The summed E-state index contributed by atoms with van der Waals surface area (Å²) in [6, 6.07) is 0. The average Bonchev–Trinajstić information content (AvgIpc) is 3.48. The van der Waals surface area contributed by atoms with Crippen LogP contribution in [0.4, 0.5) is 0 Å². The second kappa shape index (κ2) is 27.5. The summed E-state index contributed by atoms with van der Waals surface area (Å²) in [5, 5.41) is 14.0. The monoisotopic (exact) mass is 745 g/mol. The van der Waals surface area contributed by atoms with Crippen LogP contribution in [0.2, 0.25) is 0 Å². The quantitative estimate of drug-likeness (QED) is 0.0255. The van der Waals surface area contributed by atoms with Crippen LogP contribution in [0.3, 0.4) is 0 Å². The first-order chi connectivity index (χ1) is 25.5. The average molecular weight is 746 g/mol. The van der Waals surface area contributed by atoms with Crippen molar-refractivity contribution in [2.75, 3.05) is 72.2 Å². The highest BCUT2D eigenvalue weighted by atomic mass is 16.5. The summed E-state index contributed by atoms with van der Waals surface area (Å²) in [5.41, 5.74) is -0.724. The van der Waals surface area contributed by atoms with Gasteiger partial charge in [-0.3, -0.25) is 43.3 Å². The Labute approximate surface area is 311 Å². The van der Waals surface area contributed by atoms with Crippen LogP contribution in [-0.4, -0.2) is 135 Å². The third-order valence-corrected chi connectivity index (χ3v) is 8.06. The predicted molar refractivity (Wildman–Crippen MR) is 196 cm³/mol. The molecule has 8 amide bonds. The highest BCUT2D eigenvalue weighted by Crippen LogP contribution is 2.26. The van der Waals surface area contributed by atoms with Gasteiger partial charge in [0.1, 0.15) is 0 Å². The van der Waals surface area contributed by atoms with Gasteiger partial charge in [-0.15, -0.1) is 0 Å². The Morgan fingerprint density at radius 2 is 1.15 bits per heavy atom. The number of carbonyl (C=O) groups excluding carboxylic acids is 8. The van der Waals surface area contributed by atoms with Crippen molar-refractivity contribution in [2.45, 2.75) is 56.9 Å². The first kappa shape index (κ1) is 45.9. The van der Waals surface area contributed by atoms with Crippen LogP contribution in [0.1, 0.15) is 51.4 Å². The van der Waals surface area contributed by atoms with Gasteiger partial charge < -0.3 is 41.0 Å². The summed E-state index contributed by atoms with van der Waals surface area (Å²) in [7, 11) is 0. The fourth-order valence-corrected chi connectivity index (χ4v) is 5.23. The van der Waals surface area contributed by atoms with E-state index in [9.17, 15) is 38.4 Å². The second-order valence-electron chi connectivity index (χ2n) is 12.0. The predicted octanol–water partition coefficient (Wildman–Crippen LogP) is -0.598. The van der Waals surface area contributed by atoms with Gasteiger partial charge in [0.05, 0.1) is 26.4 Å². The SMILES string of the molecule is C=CC(=O)NCCCC(CCCNC(=O)C=C)(CCCNC(=O)C=C)NC(=O)CCN(C=O)CCOCCOCCNC(=O)CCN1C(=O)C=CC1=O. The van der Waals surface area contributed by atoms with Gasteiger partial charge in [0.25, 0.3) is 11.8 Å². The van der Waals surface area contributed by atoms with E-state index in [0.717, 1.165) is 17.1 Å². The molecule has 0 spiro atoms. The molecule has 0 aromatic heterocycles. The number of ether oxygens (including phenoxy) is 2. The van der Waals surface area contributed by atoms with E-state index in [0.29, 0.717) is 64.6 Å². The maximum absolute atomic E-state index is 13.3. The van der Waals surface area contributed by atoms with Gasteiger partial charge in [-0.2, -0.15) is 0 Å². The number of nitrogens with one attached hydrogen (secondary N) is 5. The Balaban J connectivity index is 2.53. The first-order valence-electron chi connectivity index (χ1n) is 17.7. The molecule has 0 aliphatic carbocycles. The first-order valence-corrected chi connectivity index (χ1v) is 17.7. The number of hydrogen-bond acceptors (Lipinski definition) is 10. The number of imide groups is 1. The summed E-state index contributed by atoms with van der Waals surface area (Å²) in [5.74, 6) is -2.41. The lowest BCUT2D eigenvalue weighted by molar-refractivity contribution is -0.137. The molecular formula is C36H55N7O10. The molecule has 0 fully saturated rings. The number of rotatable bonds is 32. The third kappa shape index (κ3) is 21.1. The van der Waals surface area contributed by atoms with E-state index >= 15 is 0 Å². The minimum absolute atomic E-state index is 0.00446. The molecule has 0 radical (unpaired) electrons. The van der Waals surface area contributed by atoms with E-state index in [1.807, 2.05) is 0 Å². The maximum atomic E-state index is 13.3. The van der Waals surface area contributed by atoms with E-state index in [-0.39, 0.29) is 95.0 Å². The van der Waals surface area contributed by atoms with E-state index in [1.165, 1.54) is 23.1 Å². The van der Waals surface area contributed by atoms with Crippen molar-refractivity contribution in [3.05, 3.63) is 50.1 Å². The number of nitrogens with zero attached hydrogens (tertiary/aromatic N) is 2. The van der Waals surface area contributed by atoms with Crippen LogP contribution in [0.15, 0.2) is 50.1 Å². The highest BCUT2D eigenvalue weighted by molar-refractivity contribution is 6.13. The molecule has 1 rings (SSSR count). The van der Waals surface area contributed by atoms with Crippen LogP contribution in [0, 0.1) is 0 Å². The summed E-state index contributed by atoms with van der Waals surface area (Å²) >= 11 is 0. The van der Waals surface area contributed by atoms with Gasteiger partial charge in [-0.05, 0) is 56.8 Å². The number of carbonyl (C=O) groups is 8. The standard InChI is InChI=1S/C36H55N7O10/c1-4-29(45)37-17-7-14-36(15-8-18-38-30(46)5-2,16-9-19-39-31(47)6-3)41-33(49)12-21-42(28-44)23-25-53-27-26-52-24-20-40-32(48)13-22-43-34(50)10-11-35(43)51/h4-6,10-11,28H,1-3,7-9,12-27H2,(H,37,45)(H,38,46)(H,39,47)(H,40,48)(H,41,49). The molecule has 53 heavy (non-hydrogen) atoms. The molecule has 294 valence electrons. The third-order valence-electron chi connectivity index (χ3n) is 8.06. The largest absolute Gasteiger partial charge is 0.377 e. The molecule has 0 atom stereocenters. The van der Waals surface area contributed by atoms with Crippen molar-refractivity contribution in [1.82, 2.24) is 36.4 Å². The molecule has 0 aromatic carbocycles. The molecule has 5 N–H and O–H groups in total. The Morgan fingerprint density at radius 3 is 1.62 bits per heavy atom. The van der Waals surface area contributed by atoms with Crippen LogP contribution >= 0.6 is 0 Å². The van der Waals surface area contributed by atoms with E-state index in [4.69, 9.17) is 9.47 Å². The van der Waals surface area contributed by atoms with E-state index in [1.54, 1.807) is 0 Å². The lowest BCUT2D eigenvalue weighted by Gasteiger charge is -2.36. The van der Waals surface area contributed by atoms with Gasteiger partial charge >= 0.3 is 0 Å². The zero-order valence-electron chi connectivity index (χ0n) is 30.5. The molecule has 0 unspecified atom stereocenters. The van der Waals surface area contributed by atoms with E-state index in [2.05, 4.69) is 46.3 Å². The molecule has 1 aliphatic rings. The summed E-state index contributed by atoms with van der Waals surface area (Å²) < 4.78 is 11.0. The van der Waals surface area contributed by atoms with Gasteiger partial charge in [0.2, 0.25) is 35.9 Å². The van der Waals surface area contributed by atoms with Gasteiger partial charge in [-0.25, -0.2) is 0 Å². The van der Waals surface area contributed by atoms with Crippen LogP contribution in [0.5, 0.6) is 0 Å². The lowest BCUT2D eigenvalue weighted by atomic mass is 9.83. The minimum atomic E-state index is -0.724. The molecule has 0 aromatic rings. The van der Waals surface area contributed by atoms with Crippen molar-refractivity contribution in [1.29, 1.82) is 0 Å². The number of amides is 8.